The number of aromatic amines is 1. The van der Waals surface area contributed by atoms with Crippen LogP contribution >= 0.6 is 0 Å². The lowest BCUT2D eigenvalue weighted by Gasteiger charge is -2.02. The highest BCUT2D eigenvalue weighted by atomic mass is 16.2. The molecule has 0 aliphatic rings. The summed E-state index contributed by atoms with van der Waals surface area (Å²) in [6.45, 7) is 3.66. The molecule has 2 aromatic rings. The average Bonchev–Trinajstić information content (AvgIpc) is 2.65. The molecule has 2 N–H and O–H groups in total. The molecule has 1 amide bonds. The largest absolute Gasteiger partial charge is 0.305 e. The molecule has 6 heteroatoms. The van der Waals surface area contributed by atoms with Gasteiger partial charge < -0.3 is 5.32 Å². The Bertz CT molecular complexity index is 502. The van der Waals surface area contributed by atoms with E-state index in [1.165, 1.54) is 6.20 Å². The number of carbonyl (C=O) groups excluding carboxylic acids is 1. The second-order valence-electron chi connectivity index (χ2n) is 3.43. The number of anilines is 1. The Morgan fingerprint density at radius 1 is 1.25 bits per heavy atom. The molecule has 0 aliphatic heterocycles. The van der Waals surface area contributed by atoms with Crippen LogP contribution in [0, 0.1) is 13.8 Å². The molecular formula is C10H11N5O. The minimum absolute atomic E-state index is 0.277. The Balaban J connectivity index is 2.15. The van der Waals surface area contributed by atoms with Gasteiger partial charge in [-0.3, -0.25) is 14.9 Å². The Hall–Kier alpha value is -2.24. The van der Waals surface area contributed by atoms with Gasteiger partial charge in [0.2, 0.25) is 0 Å². The fourth-order valence-corrected chi connectivity index (χ4v) is 1.16. The number of rotatable bonds is 2. The Morgan fingerprint density at radius 3 is 2.62 bits per heavy atom. The predicted octanol–water partition coefficient (Wildman–Crippen LogP) is 1.07. The van der Waals surface area contributed by atoms with Crippen LogP contribution in [0.15, 0.2) is 18.6 Å². The van der Waals surface area contributed by atoms with Gasteiger partial charge in [-0.25, -0.2) is 4.98 Å². The SMILES string of the molecule is Cc1cnc(C(=O)Nc2[nH]ncc2C)cn1. The second kappa shape index (κ2) is 4.09. The zero-order chi connectivity index (χ0) is 11.5. The lowest BCUT2D eigenvalue weighted by Crippen LogP contribution is -2.15. The first-order chi connectivity index (χ1) is 7.66. The summed E-state index contributed by atoms with van der Waals surface area (Å²) >= 11 is 0. The van der Waals surface area contributed by atoms with Gasteiger partial charge in [0.15, 0.2) is 0 Å². The van der Waals surface area contributed by atoms with Crippen molar-refractivity contribution in [2.75, 3.05) is 5.32 Å². The average molecular weight is 217 g/mol. The fourth-order valence-electron chi connectivity index (χ4n) is 1.16. The van der Waals surface area contributed by atoms with Crippen molar-refractivity contribution in [3.8, 4) is 0 Å². The molecule has 6 nitrogen and oxygen atoms in total. The number of amides is 1. The number of H-pyrrole nitrogens is 1. The summed E-state index contributed by atoms with van der Waals surface area (Å²) in [6, 6.07) is 0. The van der Waals surface area contributed by atoms with Crippen molar-refractivity contribution in [2.24, 2.45) is 0 Å². The van der Waals surface area contributed by atoms with Gasteiger partial charge in [-0.1, -0.05) is 0 Å². The number of hydrogen-bond donors (Lipinski definition) is 2. The first-order valence-corrected chi connectivity index (χ1v) is 4.77. The molecule has 0 spiro atoms. The summed E-state index contributed by atoms with van der Waals surface area (Å²) in [4.78, 5) is 19.7. The zero-order valence-electron chi connectivity index (χ0n) is 8.98. The first-order valence-electron chi connectivity index (χ1n) is 4.77. The summed E-state index contributed by atoms with van der Waals surface area (Å²) in [5.41, 5.74) is 1.92. The molecule has 0 radical (unpaired) electrons. The van der Waals surface area contributed by atoms with Gasteiger partial charge in [0, 0.05) is 11.8 Å². The number of nitrogens with zero attached hydrogens (tertiary/aromatic N) is 3. The van der Waals surface area contributed by atoms with Gasteiger partial charge in [-0.05, 0) is 13.8 Å². The highest BCUT2D eigenvalue weighted by Crippen LogP contribution is 2.09. The van der Waals surface area contributed by atoms with Crippen LogP contribution in [0.3, 0.4) is 0 Å². The summed E-state index contributed by atoms with van der Waals surface area (Å²) in [5.74, 6) is 0.271. The molecule has 16 heavy (non-hydrogen) atoms. The van der Waals surface area contributed by atoms with Gasteiger partial charge in [0.05, 0.1) is 18.1 Å². The van der Waals surface area contributed by atoms with Crippen LogP contribution in [0.25, 0.3) is 0 Å². The zero-order valence-corrected chi connectivity index (χ0v) is 8.98. The van der Waals surface area contributed by atoms with Gasteiger partial charge in [-0.2, -0.15) is 5.10 Å². The maximum Gasteiger partial charge on any atom is 0.277 e. The molecule has 0 unspecified atom stereocenters. The van der Waals surface area contributed by atoms with Crippen LogP contribution in [-0.2, 0) is 0 Å². The molecule has 0 atom stereocenters. The lowest BCUT2D eigenvalue weighted by molar-refractivity contribution is 0.102. The van der Waals surface area contributed by atoms with E-state index in [2.05, 4.69) is 25.5 Å². The molecule has 82 valence electrons. The molecule has 0 bridgehead atoms. The highest BCUT2D eigenvalue weighted by molar-refractivity contribution is 6.02. The van der Waals surface area contributed by atoms with Gasteiger partial charge in [0.1, 0.15) is 11.5 Å². The highest BCUT2D eigenvalue weighted by Gasteiger charge is 2.10. The van der Waals surface area contributed by atoms with Crippen molar-refractivity contribution in [1.29, 1.82) is 0 Å². The number of aromatic nitrogens is 4. The number of aryl methyl sites for hydroxylation is 2. The molecular weight excluding hydrogens is 206 g/mol. The minimum atomic E-state index is -0.306. The Labute approximate surface area is 92.1 Å². The predicted molar refractivity (Wildman–Crippen MR) is 58.0 cm³/mol. The van der Waals surface area contributed by atoms with Crippen molar-refractivity contribution in [3.63, 3.8) is 0 Å². The molecule has 2 rings (SSSR count). The van der Waals surface area contributed by atoms with Gasteiger partial charge >= 0.3 is 0 Å². The van der Waals surface area contributed by atoms with Crippen LogP contribution in [0.2, 0.25) is 0 Å². The standard InChI is InChI=1S/C10H11N5O/c1-6-3-13-15-9(6)14-10(16)8-5-11-7(2)4-12-8/h3-5H,1-2H3,(H2,13,14,15,16). The quantitative estimate of drug-likeness (QED) is 0.788. The molecule has 0 aliphatic carbocycles. The summed E-state index contributed by atoms with van der Waals surface area (Å²) in [6.07, 6.45) is 4.63. The molecule has 0 saturated carbocycles. The monoisotopic (exact) mass is 217 g/mol. The van der Waals surface area contributed by atoms with Crippen LogP contribution < -0.4 is 5.32 Å². The third-order valence-corrected chi connectivity index (χ3v) is 2.08. The van der Waals surface area contributed by atoms with Crippen molar-refractivity contribution >= 4 is 11.7 Å². The molecule has 2 heterocycles. The third-order valence-electron chi connectivity index (χ3n) is 2.08. The van der Waals surface area contributed by atoms with Crippen molar-refractivity contribution in [2.45, 2.75) is 13.8 Å². The van der Waals surface area contributed by atoms with Crippen LogP contribution in [0.5, 0.6) is 0 Å². The minimum Gasteiger partial charge on any atom is -0.305 e. The van der Waals surface area contributed by atoms with Gasteiger partial charge in [-0.15, -0.1) is 0 Å². The summed E-state index contributed by atoms with van der Waals surface area (Å²) in [7, 11) is 0. The normalized spacial score (nSPS) is 10.1. The van der Waals surface area contributed by atoms with Crippen LogP contribution in [-0.4, -0.2) is 26.1 Å². The summed E-state index contributed by atoms with van der Waals surface area (Å²) in [5, 5.41) is 9.16. The van der Waals surface area contributed by atoms with Crippen molar-refractivity contribution < 1.29 is 4.79 Å². The smallest absolute Gasteiger partial charge is 0.277 e. The maximum atomic E-state index is 11.7. The molecule has 0 saturated heterocycles. The van der Waals surface area contributed by atoms with E-state index in [0.29, 0.717) is 5.82 Å². The maximum absolute atomic E-state index is 11.7. The number of carbonyl (C=O) groups is 1. The lowest BCUT2D eigenvalue weighted by atomic mass is 10.3. The Kier molecular flexibility index (Phi) is 2.63. The van der Waals surface area contributed by atoms with E-state index in [0.717, 1.165) is 11.3 Å². The molecule has 2 aromatic heterocycles. The van der Waals surface area contributed by atoms with E-state index < -0.39 is 0 Å². The van der Waals surface area contributed by atoms with E-state index in [1.807, 2.05) is 13.8 Å². The second-order valence-corrected chi connectivity index (χ2v) is 3.43. The van der Waals surface area contributed by atoms with E-state index in [4.69, 9.17) is 0 Å². The Morgan fingerprint density at radius 2 is 2.06 bits per heavy atom. The topological polar surface area (TPSA) is 83.6 Å². The van der Waals surface area contributed by atoms with Crippen LogP contribution in [0.1, 0.15) is 21.7 Å². The first kappa shape index (κ1) is 10.3. The fraction of sp³-hybridized carbons (Fsp3) is 0.200. The molecule has 0 aromatic carbocycles. The van der Waals surface area contributed by atoms with Crippen molar-refractivity contribution in [3.05, 3.63) is 35.5 Å². The van der Waals surface area contributed by atoms with Crippen molar-refractivity contribution in [1.82, 2.24) is 20.2 Å². The van der Waals surface area contributed by atoms with E-state index >= 15 is 0 Å². The third kappa shape index (κ3) is 2.05. The van der Waals surface area contributed by atoms with Gasteiger partial charge in [0.25, 0.3) is 5.91 Å². The summed E-state index contributed by atoms with van der Waals surface area (Å²) < 4.78 is 0. The van der Waals surface area contributed by atoms with E-state index in [-0.39, 0.29) is 11.6 Å². The molecule has 0 fully saturated rings. The van der Waals surface area contributed by atoms with Crippen LogP contribution in [0.4, 0.5) is 5.82 Å². The number of hydrogen-bond acceptors (Lipinski definition) is 4. The number of nitrogens with one attached hydrogen (secondary N) is 2. The van der Waals surface area contributed by atoms with E-state index in [1.54, 1.807) is 12.4 Å². The van der Waals surface area contributed by atoms with E-state index in [9.17, 15) is 4.79 Å².